The van der Waals surface area contributed by atoms with Gasteiger partial charge in [-0.05, 0) is 64.7 Å². The molecule has 6 nitrogen and oxygen atoms in total. The van der Waals surface area contributed by atoms with Crippen molar-refractivity contribution in [2.24, 2.45) is 0 Å². The van der Waals surface area contributed by atoms with E-state index < -0.39 is 0 Å². The molecule has 0 unspecified atom stereocenters. The van der Waals surface area contributed by atoms with Crippen molar-refractivity contribution >= 4 is 65.8 Å². The van der Waals surface area contributed by atoms with Crippen LogP contribution in [0.15, 0.2) is 189 Å². The summed E-state index contributed by atoms with van der Waals surface area (Å²) in [4.78, 5) is 15.3. The lowest BCUT2D eigenvalue weighted by molar-refractivity contribution is 0.656. The van der Waals surface area contributed by atoms with Crippen LogP contribution < -0.4 is 0 Å². The summed E-state index contributed by atoms with van der Waals surface area (Å²) in [5.74, 6) is 1.79. The monoisotopic (exact) mass is 731 g/mol. The molecular weight excluding hydrogens is 703 g/mol. The number of hydrogen-bond donors (Lipinski definition) is 0. The molecule has 0 atom stereocenters. The van der Waals surface area contributed by atoms with Gasteiger partial charge in [-0.1, -0.05) is 127 Å². The van der Waals surface area contributed by atoms with Crippen molar-refractivity contribution in [3.05, 3.63) is 176 Å². The number of benzene rings is 8. The molecule has 6 heteroatoms. The molecule has 0 spiro atoms. The molecule has 12 rings (SSSR count). The SMILES string of the molecule is c1ccc(-c2nc(-c3cccc(-c4cccc(-c5cccc6oc7cc8oc9ccccc9c8cc7c56)c4)c3)nc(-c3cccc4oc5ccccc5c34)n2)cc1. The Balaban J connectivity index is 0.990. The first-order valence-electron chi connectivity index (χ1n) is 18.9. The molecule has 4 aromatic heterocycles. The van der Waals surface area contributed by atoms with Crippen LogP contribution in [0.25, 0.3) is 122 Å². The Bertz CT molecular complexity index is 3540. The molecule has 8 aromatic carbocycles. The molecule has 0 bridgehead atoms. The highest BCUT2D eigenvalue weighted by Gasteiger charge is 2.19. The average Bonchev–Trinajstić information content (AvgIpc) is 3.96. The molecule has 12 aromatic rings. The Morgan fingerprint density at radius 1 is 0.263 bits per heavy atom. The number of fused-ring (bicyclic) bond motifs is 9. The van der Waals surface area contributed by atoms with E-state index in [1.54, 1.807) is 0 Å². The third kappa shape index (κ3) is 5.08. The highest BCUT2D eigenvalue weighted by molar-refractivity contribution is 6.18. The summed E-state index contributed by atoms with van der Waals surface area (Å²) >= 11 is 0. The van der Waals surface area contributed by atoms with E-state index in [9.17, 15) is 0 Å². The minimum atomic E-state index is 0.588. The Morgan fingerprint density at radius 2 is 0.754 bits per heavy atom. The lowest BCUT2D eigenvalue weighted by Crippen LogP contribution is -2.00. The number of rotatable bonds is 5. The van der Waals surface area contributed by atoms with E-state index in [0.717, 1.165) is 105 Å². The van der Waals surface area contributed by atoms with Crippen molar-refractivity contribution in [3.63, 3.8) is 0 Å². The van der Waals surface area contributed by atoms with Crippen molar-refractivity contribution in [3.8, 4) is 56.4 Å². The standard InChI is InChI=1S/C51H29N3O3/c1-2-12-30(13-3-1)49-52-50(54-51(53-49)38-21-11-25-44-48(38)37-19-5-7-23-42(37)55-44)34-17-9-15-32(27-34)31-14-8-16-33(26-31)35-20-10-24-43-47(35)40-28-39-36-18-4-6-22-41(36)56-45(39)29-46(40)57-43/h1-29H. The maximum Gasteiger partial charge on any atom is 0.164 e. The van der Waals surface area contributed by atoms with Crippen molar-refractivity contribution in [2.75, 3.05) is 0 Å². The first kappa shape index (κ1) is 31.5. The zero-order valence-corrected chi connectivity index (χ0v) is 30.3. The minimum Gasteiger partial charge on any atom is -0.456 e. The van der Waals surface area contributed by atoms with Crippen LogP contribution in [0.1, 0.15) is 0 Å². The molecule has 0 saturated heterocycles. The van der Waals surface area contributed by atoms with E-state index in [1.165, 1.54) is 0 Å². The van der Waals surface area contributed by atoms with Crippen molar-refractivity contribution in [1.29, 1.82) is 0 Å². The van der Waals surface area contributed by atoms with E-state index in [4.69, 9.17) is 28.2 Å². The number of para-hydroxylation sites is 2. The van der Waals surface area contributed by atoms with Gasteiger partial charge in [-0.3, -0.25) is 0 Å². The molecule has 0 fully saturated rings. The number of furan rings is 3. The normalized spacial score (nSPS) is 11.9. The fraction of sp³-hybridized carbons (Fsp3) is 0. The van der Waals surface area contributed by atoms with Crippen LogP contribution in [0.2, 0.25) is 0 Å². The van der Waals surface area contributed by atoms with E-state index in [1.807, 2.05) is 91.0 Å². The van der Waals surface area contributed by atoms with Gasteiger partial charge in [0.2, 0.25) is 0 Å². The van der Waals surface area contributed by atoms with Crippen LogP contribution in [0.5, 0.6) is 0 Å². The molecule has 4 heterocycles. The van der Waals surface area contributed by atoms with Crippen LogP contribution in [0.4, 0.5) is 0 Å². The Morgan fingerprint density at radius 3 is 1.54 bits per heavy atom. The Labute approximate surface area is 325 Å². The highest BCUT2D eigenvalue weighted by atomic mass is 16.3. The number of nitrogens with zero attached hydrogens (tertiary/aromatic N) is 3. The van der Waals surface area contributed by atoms with E-state index >= 15 is 0 Å². The average molecular weight is 732 g/mol. The molecule has 57 heavy (non-hydrogen) atoms. The van der Waals surface area contributed by atoms with Gasteiger partial charge < -0.3 is 13.3 Å². The topological polar surface area (TPSA) is 78.1 Å². The molecule has 0 saturated carbocycles. The molecule has 0 aliphatic rings. The van der Waals surface area contributed by atoms with Crippen molar-refractivity contribution < 1.29 is 13.3 Å². The zero-order chi connectivity index (χ0) is 37.5. The van der Waals surface area contributed by atoms with Crippen LogP contribution in [-0.2, 0) is 0 Å². The molecular formula is C51H29N3O3. The predicted molar refractivity (Wildman–Crippen MR) is 229 cm³/mol. The molecule has 0 aliphatic carbocycles. The van der Waals surface area contributed by atoms with Gasteiger partial charge in [-0.25, -0.2) is 15.0 Å². The number of aromatic nitrogens is 3. The van der Waals surface area contributed by atoms with Gasteiger partial charge in [0, 0.05) is 55.1 Å². The molecule has 0 radical (unpaired) electrons. The van der Waals surface area contributed by atoms with Crippen LogP contribution in [0, 0.1) is 0 Å². The first-order valence-corrected chi connectivity index (χ1v) is 18.9. The van der Waals surface area contributed by atoms with E-state index in [-0.39, 0.29) is 0 Å². The maximum atomic E-state index is 6.44. The molecule has 0 aliphatic heterocycles. The smallest absolute Gasteiger partial charge is 0.164 e. The maximum absolute atomic E-state index is 6.44. The summed E-state index contributed by atoms with van der Waals surface area (Å²) < 4.78 is 18.9. The second kappa shape index (κ2) is 12.3. The fourth-order valence-corrected chi connectivity index (χ4v) is 8.29. The summed E-state index contributed by atoms with van der Waals surface area (Å²) in [6.45, 7) is 0. The van der Waals surface area contributed by atoms with Crippen LogP contribution in [0.3, 0.4) is 0 Å². The Kier molecular flexibility index (Phi) is 6.83. The van der Waals surface area contributed by atoms with Gasteiger partial charge in [0.05, 0.1) is 0 Å². The third-order valence-corrected chi connectivity index (χ3v) is 10.9. The highest BCUT2D eigenvalue weighted by Crippen LogP contribution is 2.42. The lowest BCUT2D eigenvalue weighted by atomic mass is 9.95. The van der Waals surface area contributed by atoms with Crippen LogP contribution >= 0.6 is 0 Å². The molecule has 0 N–H and O–H groups in total. The summed E-state index contributed by atoms with van der Waals surface area (Å²) in [5.41, 5.74) is 12.0. The Hall–Kier alpha value is -7.83. The minimum absolute atomic E-state index is 0.588. The van der Waals surface area contributed by atoms with Gasteiger partial charge in [0.1, 0.15) is 33.5 Å². The summed E-state index contributed by atoms with van der Waals surface area (Å²) in [6, 6.07) is 60.0. The number of hydrogen-bond acceptors (Lipinski definition) is 6. The van der Waals surface area contributed by atoms with Crippen molar-refractivity contribution in [2.45, 2.75) is 0 Å². The molecule has 0 amide bonds. The summed E-state index contributed by atoms with van der Waals surface area (Å²) in [7, 11) is 0. The second-order valence-electron chi connectivity index (χ2n) is 14.3. The summed E-state index contributed by atoms with van der Waals surface area (Å²) in [5, 5.41) is 6.32. The quantitative estimate of drug-likeness (QED) is 0.175. The van der Waals surface area contributed by atoms with Gasteiger partial charge in [-0.15, -0.1) is 0 Å². The zero-order valence-electron chi connectivity index (χ0n) is 30.3. The lowest BCUT2D eigenvalue weighted by Gasteiger charge is -2.11. The predicted octanol–water partition coefficient (Wildman–Crippen LogP) is 13.9. The second-order valence-corrected chi connectivity index (χ2v) is 14.3. The van der Waals surface area contributed by atoms with Crippen molar-refractivity contribution in [1.82, 2.24) is 15.0 Å². The van der Waals surface area contributed by atoms with Gasteiger partial charge >= 0.3 is 0 Å². The van der Waals surface area contributed by atoms with Gasteiger partial charge in [0.15, 0.2) is 17.5 Å². The van der Waals surface area contributed by atoms with Crippen LogP contribution in [-0.4, -0.2) is 15.0 Å². The molecule has 266 valence electrons. The van der Waals surface area contributed by atoms with Gasteiger partial charge in [-0.2, -0.15) is 0 Å². The van der Waals surface area contributed by atoms with E-state index in [2.05, 4.69) is 84.9 Å². The van der Waals surface area contributed by atoms with E-state index in [0.29, 0.717) is 17.5 Å². The third-order valence-electron chi connectivity index (χ3n) is 10.9. The largest absolute Gasteiger partial charge is 0.456 e. The fourth-order valence-electron chi connectivity index (χ4n) is 8.29. The van der Waals surface area contributed by atoms with Gasteiger partial charge in [0.25, 0.3) is 0 Å². The first-order chi connectivity index (χ1) is 28.2. The summed E-state index contributed by atoms with van der Waals surface area (Å²) in [6.07, 6.45) is 0.